The maximum Gasteiger partial charge on any atom is 0.226 e. The van der Waals surface area contributed by atoms with Crippen molar-refractivity contribution in [3.63, 3.8) is 0 Å². The van der Waals surface area contributed by atoms with Crippen LogP contribution in [0.2, 0.25) is 0 Å². The van der Waals surface area contributed by atoms with Crippen molar-refractivity contribution in [2.45, 2.75) is 38.4 Å². The number of halogens is 1. The van der Waals surface area contributed by atoms with Crippen LogP contribution < -0.4 is 5.73 Å². The van der Waals surface area contributed by atoms with Crippen molar-refractivity contribution in [2.75, 3.05) is 6.54 Å². The molecule has 1 unspecified atom stereocenters. The highest BCUT2D eigenvalue weighted by Crippen LogP contribution is 2.49. The van der Waals surface area contributed by atoms with Crippen LogP contribution in [0.25, 0.3) is 0 Å². The van der Waals surface area contributed by atoms with Gasteiger partial charge in [-0.05, 0) is 47.0 Å². The van der Waals surface area contributed by atoms with Crippen molar-refractivity contribution in [2.24, 2.45) is 23.5 Å². The van der Waals surface area contributed by atoms with Gasteiger partial charge in [-0.1, -0.05) is 0 Å². The number of rotatable bonds is 1. The van der Waals surface area contributed by atoms with Crippen LogP contribution in [0, 0.1) is 17.8 Å². The molecule has 4 rings (SSSR count). The number of carbonyl (C=O) groups is 1. The first-order valence-corrected chi connectivity index (χ1v) is 8.17. The average molecular weight is 339 g/mol. The fourth-order valence-electron chi connectivity index (χ4n) is 4.14. The van der Waals surface area contributed by atoms with Gasteiger partial charge in [0.25, 0.3) is 0 Å². The first-order valence-electron chi connectivity index (χ1n) is 7.38. The molecule has 0 bridgehead atoms. The van der Waals surface area contributed by atoms with E-state index >= 15 is 0 Å². The van der Waals surface area contributed by atoms with Gasteiger partial charge in [-0.2, -0.15) is 5.10 Å². The van der Waals surface area contributed by atoms with Gasteiger partial charge in [0, 0.05) is 18.5 Å². The van der Waals surface area contributed by atoms with Crippen molar-refractivity contribution < 1.29 is 4.79 Å². The summed E-state index contributed by atoms with van der Waals surface area (Å²) in [6.07, 6.45) is 4.99. The van der Waals surface area contributed by atoms with Crippen molar-refractivity contribution in [1.29, 1.82) is 0 Å². The van der Waals surface area contributed by atoms with Crippen LogP contribution >= 0.6 is 15.9 Å². The van der Waals surface area contributed by atoms with Crippen LogP contribution in [0.4, 0.5) is 0 Å². The zero-order chi connectivity index (χ0) is 13.9. The van der Waals surface area contributed by atoms with E-state index in [1.54, 1.807) is 0 Å². The van der Waals surface area contributed by atoms with E-state index in [0.717, 1.165) is 42.5 Å². The van der Waals surface area contributed by atoms with Gasteiger partial charge in [0.2, 0.25) is 5.91 Å². The molecule has 0 saturated heterocycles. The van der Waals surface area contributed by atoms with Crippen LogP contribution in [0.3, 0.4) is 0 Å². The summed E-state index contributed by atoms with van der Waals surface area (Å²) in [5, 5.41) is 4.31. The Balaban J connectivity index is 1.47. The Morgan fingerprint density at radius 3 is 2.95 bits per heavy atom. The lowest BCUT2D eigenvalue weighted by molar-refractivity contribution is -0.137. The van der Waals surface area contributed by atoms with Gasteiger partial charge >= 0.3 is 0 Å². The fraction of sp³-hybridized carbons (Fsp3) is 0.714. The third-order valence-corrected chi connectivity index (χ3v) is 6.02. The molecule has 108 valence electrons. The predicted molar refractivity (Wildman–Crippen MR) is 77.6 cm³/mol. The molecule has 2 fully saturated rings. The molecule has 2 heterocycles. The van der Waals surface area contributed by atoms with Gasteiger partial charge in [-0.25, -0.2) is 0 Å². The molecular formula is C14H19BrN4O. The number of nitrogens with two attached hydrogens (primary N) is 1. The second-order valence-corrected chi connectivity index (χ2v) is 7.27. The van der Waals surface area contributed by atoms with Crippen molar-refractivity contribution in [3.8, 4) is 0 Å². The molecule has 6 heteroatoms. The second kappa shape index (κ2) is 4.56. The maximum atomic E-state index is 12.7. The lowest BCUT2D eigenvalue weighted by atomic mass is 9.72. The Morgan fingerprint density at radius 2 is 2.20 bits per heavy atom. The number of fused-ring (bicyclic) bond motifs is 2. The molecule has 3 aliphatic rings. The number of nitrogens with zero attached hydrogens (tertiary/aromatic N) is 3. The highest BCUT2D eigenvalue weighted by Gasteiger charge is 2.48. The lowest BCUT2D eigenvalue weighted by Gasteiger charge is -2.37. The third kappa shape index (κ3) is 1.84. The fourth-order valence-corrected chi connectivity index (χ4v) is 4.56. The molecular weight excluding hydrogens is 320 g/mol. The van der Waals surface area contributed by atoms with Crippen LogP contribution in [0.15, 0.2) is 10.7 Å². The summed E-state index contributed by atoms with van der Waals surface area (Å²) in [5.74, 6) is 1.84. The number of hydrogen-bond acceptors (Lipinski definition) is 3. The minimum Gasteiger partial charge on any atom is -0.335 e. The summed E-state index contributed by atoms with van der Waals surface area (Å²) in [5.41, 5.74) is 7.14. The Morgan fingerprint density at radius 1 is 1.35 bits per heavy atom. The first kappa shape index (κ1) is 12.8. The monoisotopic (exact) mass is 338 g/mol. The van der Waals surface area contributed by atoms with Crippen molar-refractivity contribution in [3.05, 3.63) is 16.4 Å². The molecule has 0 radical (unpaired) electrons. The van der Waals surface area contributed by atoms with Gasteiger partial charge in [0.1, 0.15) is 0 Å². The SMILES string of the molecule is N[C@@H]1C[C@@H]2CC(C(=O)N3CCn4ncc(Br)c4C3)C[C@@H]21. The Bertz CT molecular complexity index is 557. The zero-order valence-corrected chi connectivity index (χ0v) is 12.9. The van der Waals surface area contributed by atoms with E-state index in [2.05, 4.69) is 21.0 Å². The van der Waals surface area contributed by atoms with Gasteiger partial charge in [-0.3, -0.25) is 9.48 Å². The van der Waals surface area contributed by atoms with E-state index in [-0.39, 0.29) is 5.92 Å². The summed E-state index contributed by atoms with van der Waals surface area (Å²) in [7, 11) is 0. The van der Waals surface area contributed by atoms with Crippen LogP contribution in [-0.2, 0) is 17.9 Å². The molecule has 1 aromatic rings. The maximum absolute atomic E-state index is 12.7. The minimum absolute atomic E-state index is 0.201. The van der Waals surface area contributed by atoms with E-state index in [4.69, 9.17) is 5.73 Å². The zero-order valence-electron chi connectivity index (χ0n) is 11.3. The van der Waals surface area contributed by atoms with Gasteiger partial charge in [-0.15, -0.1) is 0 Å². The molecule has 2 N–H and O–H groups in total. The second-order valence-electron chi connectivity index (χ2n) is 6.41. The molecule has 1 aliphatic heterocycles. The molecule has 0 spiro atoms. The van der Waals surface area contributed by atoms with E-state index in [0.29, 0.717) is 30.3 Å². The minimum atomic E-state index is 0.201. The molecule has 2 aliphatic carbocycles. The highest BCUT2D eigenvalue weighted by molar-refractivity contribution is 9.10. The normalized spacial score (nSPS) is 35.4. The Labute approximate surface area is 126 Å². The van der Waals surface area contributed by atoms with Crippen LogP contribution in [0.1, 0.15) is 25.0 Å². The van der Waals surface area contributed by atoms with Gasteiger partial charge < -0.3 is 10.6 Å². The molecule has 1 amide bonds. The van der Waals surface area contributed by atoms with E-state index < -0.39 is 0 Å². The van der Waals surface area contributed by atoms with Crippen molar-refractivity contribution >= 4 is 21.8 Å². The summed E-state index contributed by atoms with van der Waals surface area (Å²) in [6.45, 7) is 2.25. The number of amides is 1. The first-order chi connectivity index (χ1) is 9.63. The molecule has 0 aromatic carbocycles. The topological polar surface area (TPSA) is 64.2 Å². The van der Waals surface area contributed by atoms with Gasteiger partial charge in [0.05, 0.1) is 29.5 Å². The smallest absolute Gasteiger partial charge is 0.226 e. The average Bonchev–Trinajstić information content (AvgIpc) is 2.99. The molecule has 1 aromatic heterocycles. The summed E-state index contributed by atoms with van der Waals surface area (Å²) < 4.78 is 2.99. The van der Waals surface area contributed by atoms with Gasteiger partial charge in [0.15, 0.2) is 0 Å². The van der Waals surface area contributed by atoms with Crippen LogP contribution in [-0.4, -0.2) is 33.2 Å². The predicted octanol–water partition coefficient (Wildman–Crippen LogP) is 1.36. The molecule has 5 nitrogen and oxygen atoms in total. The largest absolute Gasteiger partial charge is 0.335 e. The third-order valence-electron chi connectivity index (χ3n) is 5.36. The Kier molecular flexibility index (Phi) is 2.93. The summed E-state index contributed by atoms with van der Waals surface area (Å²) >= 11 is 3.51. The van der Waals surface area contributed by atoms with E-state index in [1.165, 1.54) is 0 Å². The standard InChI is InChI=1S/C14H19BrN4O/c15-11-6-17-19-2-1-18(7-13(11)19)14(20)9-3-8-5-12(16)10(8)4-9/h6,8-10,12H,1-5,7,16H2/t8-,9?,10-,12+/m0/s1. The number of carbonyl (C=O) groups excluding carboxylic acids is 1. The summed E-state index contributed by atoms with van der Waals surface area (Å²) in [6, 6.07) is 0.342. The molecule has 2 saturated carbocycles. The Hall–Kier alpha value is -0.880. The molecule has 20 heavy (non-hydrogen) atoms. The highest BCUT2D eigenvalue weighted by atomic mass is 79.9. The summed E-state index contributed by atoms with van der Waals surface area (Å²) in [4.78, 5) is 14.7. The van der Waals surface area contributed by atoms with E-state index in [1.807, 2.05) is 15.8 Å². The number of aromatic nitrogens is 2. The quantitative estimate of drug-likeness (QED) is 0.840. The van der Waals surface area contributed by atoms with Crippen molar-refractivity contribution in [1.82, 2.24) is 14.7 Å². The number of hydrogen-bond donors (Lipinski definition) is 1. The van der Waals surface area contributed by atoms with Crippen LogP contribution in [0.5, 0.6) is 0 Å². The molecule has 4 atom stereocenters. The van der Waals surface area contributed by atoms with E-state index in [9.17, 15) is 4.79 Å². The lowest BCUT2D eigenvalue weighted by Crippen LogP contribution is -2.44.